The zero-order chi connectivity index (χ0) is 10.4. The zero-order valence-corrected chi connectivity index (χ0v) is 9.42. The van der Waals surface area contributed by atoms with Crippen LogP contribution in [0.5, 0.6) is 0 Å². The first kappa shape index (κ1) is 11.1. The number of hydrogen-bond acceptors (Lipinski definition) is 2. The number of nitriles is 1. The molecular formula is C12H15NS. The maximum absolute atomic E-state index is 8.75. The Kier molecular flexibility index (Phi) is 4.55. The molecule has 0 fully saturated rings. The molecule has 0 amide bonds. The van der Waals surface area contributed by atoms with Gasteiger partial charge < -0.3 is 0 Å². The quantitative estimate of drug-likeness (QED) is 0.746. The van der Waals surface area contributed by atoms with Gasteiger partial charge in [0.1, 0.15) is 0 Å². The summed E-state index contributed by atoms with van der Waals surface area (Å²) >= 11 is 1.85. The Morgan fingerprint density at radius 3 is 2.43 bits per heavy atom. The molecule has 0 aromatic heterocycles. The van der Waals surface area contributed by atoms with Crippen LogP contribution in [0.1, 0.15) is 31.1 Å². The number of nitrogens with zero attached hydrogens (tertiary/aromatic N) is 1. The molecule has 0 saturated heterocycles. The number of rotatable bonds is 4. The van der Waals surface area contributed by atoms with Crippen LogP contribution in [0.4, 0.5) is 0 Å². The Hall–Kier alpha value is -0.940. The molecule has 0 aliphatic carbocycles. The molecule has 1 atom stereocenters. The van der Waals surface area contributed by atoms with Crippen LogP contribution in [0.15, 0.2) is 30.3 Å². The van der Waals surface area contributed by atoms with Gasteiger partial charge in [0.25, 0.3) is 0 Å². The minimum atomic E-state index is 0.321. The van der Waals surface area contributed by atoms with E-state index in [1.165, 1.54) is 5.56 Å². The van der Waals surface area contributed by atoms with Gasteiger partial charge in [0, 0.05) is 5.25 Å². The van der Waals surface area contributed by atoms with Gasteiger partial charge >= 0.3 is 0 Å². The number of benzene rings is 1. The molecule has 2 heteroatoms. The highest BCUT2D eigenvalue weighted by atomic mass is 32.2. The summed E-state index contributed by atoms with van der Waals surface area (Å²) in [6, 6.07) is 12.5. The largest absolute Gasteiger partial charge is 0.198 e. The molecule has 14 heavy (non-hydrogen) atoms. The normalized spacial score (nSPS) is 12.4. The Morgan fingerprint density at radius 2 is 1.93 bits per heavy atom. The second-order valence-electron chi connectivity index (χ2n) is 3.45. The molecule has 0 spiro atoms. The molecular weight excluding hydrogens is 190 g/mol. The van der Waals surface area contributed by atoms with E-state index < -0.39 is 0 Å². The van der Waals surface area contributed by atoms with Crippen LogP contribution in [0.25, 0.3) is 0 Å². The van der Waals surface area contributed by atoms with Crippen molar-refractivity contribution in [3.63, 3.8) is 0 Å². The lowest BCUT2D eigenvalue weighted by Crippen LogP contribution is -1.98. The summed E-state index contributed by atoms with van der Waals surface area (Å²) in [4.78, 5) is 0. The molecule has 0 aliphatic rings. The molecule has 74 valence electrons. The van der Waals surface area contributed by atoms with Gasteiger partial charge in [0.2, 0.25) is 0 Å². The van der Waals surface area contributed by atoms with E-state index in [9.17, 15) is 0 Å². The average molecular weight is 205 g/mol. The van der Waals surface area contributed by atoms with Gasteiger partial charge in [0.05, 0.1) is 12.5 Å². The molecule has 0 radical (unpaired) electrons. The molecule has 1 rings (SSSR count). The van der Waals surface area contributed by atoms with E-state index in [-0.39, 0.29) is 0 Å². The van der Waals surface area contributed by atoms with Crippen LogP contribution in [0.2, 0.25) is 0 Å². The van der Waals surface area contributed by atoms with E-state index in [1.54, 1.807) is 0 Å². The highest BCUT2D eigenvalue weighted by Crippen LogP contribution is 2.34. The van der Waals surface area contributed by atoms with Gasteiger partial charge in [-0.3, -0.25) is 0 Å². The average Bonchev–Trinajstić information content (AvgIpc) is 2.18. The van der Waals surface area contributed by atoms with Gasteiger partial charge in [0.15, 0.2) is 0 Å². The van der Waals surface area contributed by atoms with Gasteiger partial charge in [-0.15, -0.1) is 11.8 Å². The molecule has 1 nitrogen and oxygen atoms in total. The predicted molar refractivity (Wildman–Crippen MR) is 62.1 cm³/mol. The number of hydrogen-bond donors (Lipinski definition) is 0. The first-order valence-corrected chi connectivity index (χ1v) is 5.75. The van der Waals surface area contributed by atoms with Crippen LogP contribution >= 0.6 is 11.8 Å². The lowest BCUT2D eigenvalue weighted by molar-refractivity contribution is 0.960. The summed E-state index contributed by atoms with van der Waals surface area (Å²) in [6.07, 6.45) is 0.590. The van der Waals surface area contributed by atoms with Crippen molar-refractivity contribution in [1.82, 2.24) is 0 Å². The molecule has 1 aromatic rings. The second-order valence-corrected chi connectivity index (χ2v) is 5.23. The highest BCUT2D eigenvalue weighted by Gasteiger charge is 2.12. The summed E-state index contributed by atoms with van der Waals surface area (Å²) in [5.74, 6) is 0. The van der Waals surface area contributed by atoms with E-state index in [0.29, 0.717) is 16.9 Å². The molecule has 0 heterocycles. The van der Waals surface area contributed by atoms with Crippen LogP contribution in [0, 0.1) is 11.3 Å². The fourth-order valence-corrected chi connectivity index (χ4v) is 2.47. The molecule has 0 N–H and O–H groups in total. The Labute approximate surface area is 90.1 Å². The Balaban J connectivity index is 2.73. The van der Waals surface area contributed by atoms with E-state index in [1.807, 2.05) is 30.0 Å². The predicted octanol–water partition coefficient (Wildman–Crippen LogP) is 3.78. The van der Waals surface area contributed by atoms with Crippen LogP contribution < -0.4 is 0 Å². The van der Waals surface area contributed by atoms with E-state index in [0.717, 1.165) is 0 Å². The smallest absolute Gasteiger partial charge is 0.0636 e. The summed E-state index contributed by atoms with van der Waals surface area (Å²) in [5, 5.41) is 9.63. The minimum Gasteiger partial charge on any atom is -0.198 e. The van der Waals surface area contributed by atoms with Gasteiger partial charge in [-0.1, -0.05) is 44.2 Å². The first-order valence-electron chi connectivity index (χ1n) is 4.81. The third kappa shape index (κ3) is 3.43. The maximum Gasteiger partial charge on any atom is 0.0636 e. The molecule has 0 bridgehead atoms. The topological polar surface area (TPSA) is 23.8 Å². The highest BCUT2D eigenvalue weighted by molar-refractivity contribution is 8.00. The lowest BCUT2D eigenvalue weighted by atomic mass is 10.1. The summed E-state index contributed by atoms with van der Waals surface area (Å²) in [6.45, 7) is 4.33. The third-order valence-electron chi connectivity index (χ3n) is 1.88. The summed E-state index contributed by atoms with van der Waals surface area (Å²) in [7, 11) is 0. The molecule has 1 aromatic carbocycles. The maximum atomic E-state index is 8.75. The van der Waals surface area contributed by atoms with Gasteiger partial charge in [-0.25, -0.2) is 0 Å². The first-order chi connectivity index (χ1) is 6.74. The number of thioether (sulfide) groups is 1. The third-order valence-corrected chi connectivity index (χ3v) is 3.20. The lowest BCUT2D eigenvalue weighted by Gasteiger charge is -2.15. The van der Waals surface area contributed by atoms with Crippen molar-refractivity contribution in [1.29, 1.82) is 5.26 Å². The van der Waals surface area contributed by atoms with Crippen molar-refractivity contribution >= 4 is 11.8 Å². The Bertz CT molecular complexity index is 300. The van der Waals surface area contributed by atoms with Gasteiger partial charge in [-0.2, -0.15) is 5.26 Å². The van der Waals surface area contributed by atoms with Crippen molar-refractivity contribution in [3.8, 4) is 6.07 Å². The van der Waals surface area contributed by atoms with Crippen LogP contribution in [-0.4, -0.2) is 5.25 Å². The van der Waals surface area contributed by atoms with Crippen molar-refractivity contribution < 1.29 is 0 Å². The summed E-state index contributed by atoms with van der Waals surface area (Å²) in [5.41, 5.74) is 1.26. The second kappa shape index (κ2) is 5.72. The van der Waals surface area contributed by atoms with Crippen molar-refractivity contribution in [3.05, 3.63) is 35.9 Å². The summed E-state index contributed by atoms with van der Waals surface area (Å²) < 4.78 is 0. The zero-order valence-electron chi connectivity index (χ0n) is 8.60. The standard InChI is InChI=1S/C12H15NS/c1-10(2)14-12(8-9-13)11-6-4-3-5-7-11/h3-7,10,12H,8H2,1-2H3. The van der Waals surface area contributed by atoms with E-state index >= 15 is 0 Å². The van der Waals surface area contributed by atoms with Crippen molar-refractivity contribution in [2.24, 2.45) is 0 Å². The fourth-order valence-electron chi connectivity index (χ4n) is 1.32. The molecule has 0 saturated carbocycles. The fraction of sp³-hybridized carbons (Fsp3) is 0.417. The van der Waals surface area contributed by atoms with Crippen LogP contribution in [0.3, 0.4) is 0 Å². The SMILES string of the molecule is CC(C)SC(CC#N)c1ccccc1. The molecule has 0 aliphatic heterocycles. The molecule has 1 unspecified atom stereocenters. The van der Waals surface area contributed by atoms with E-state index in [2.05, 4.69) is 32.0 Å². The van der Waals surface area contributed by atoms with E-state index in [4.69, 9.17) is 5.26 Å². The minimum absolute atomic E-state index is 0.321. The van der Waals surface area contributed by atoms with Gasteiger partial charge in [-0.05, 0) is 10.8 Å². The van der Waals surface area contributed by atoms with Crippen LogP contribution in [-0.2, 0) is 0 Å². The van der Waals surface area contributed by atoms with Crippen molar-refractivity contribution in [2.75, 3.05) is 0 Å². The monoisotopic (exact) mass is 205 g/mol. The Morgan fingerprint density at radius 1 is 1.29 bits per heavy atom. The van der Waals surface area contributed by atoms with Crippen molar-refractivity contribution in [2.45, 2.75) is 30.8 Å².